The second-order valence-electron chi connectivity index (χ2n) is 3.84. The first-order valence-corrected chi connectivity index (χ1v) is 5.70. The molecule has 2 aromatic heterocycles. The molecule has 0 aliphatic heterocycles. The van der Waals surface area contributed by atoms with Crippen LogP contribution in [-0.4, -0.2) is 19.9 Å². The van der Waals surface area contributed by atoms with E-state index >= 15 is 0 Å². The van der Waals surface area contributed by atoms with Gasteiger partial charge in [0, 0.05) is 0 Å². The van der Waals surface area contributed by atoms with Crippen LogP contribution in [-0.2, 0) is 0 Å². The molecule has 0 aliphatic rings. The minimum Gasteiger partial charge on any atom is -1.00 e. The number of aromatic amines is 2. The third-order valence-electron chi connectivity index (χ3n) is 2.66. The van der Waals surface area contributed by atoms with E-state index in [1.54, 1.807) is 12.7 Å². The molecule has 2 N–H and O–H groups in total. The van der Waals surface area contributed by atoms with Gasteiger partial charge in [-0.15, -0.1) is 0 Å². The van der Waals surface area contributed by atoms with Crippen molar-refractivity contribution in [3.63, 3.8) is 0 Å². The van der Waals surface area contributed by atoms with E-state index < -0.39 is 0 Å². The third-order valence-corrected chi connectivity index (χ3v) is 2.66. The number of halogens is 1. The molecule has 0 aliphatic carbocycles. The van der Waals surface area contributed by atoms with E-state index in [9.17, 15) is 0 Å². The first-order valence-electron chi connectivity index (χ1n) is 5.70. The van der Waals surface area contributed by atoms with Crippen molar-refractivity contribution in [1.82, 2.24) is 19.9 Å². The van der Waals surface area contributed by atoms with Crippen molar-refractivity contribution in [3.05, 3.63) is 61.2 Å². The van der Waals surface area contributed by atoms with E-state index in [0.29, 0.717) is 0 Å². The summed E-state index contributed by atoms with van der Waals surface area (Å²) in [5.74, 6) is 0. The van der Waals surface area contributed by atoms with E-state index in [1.165, 1.54) is 0 Å². The minimum atomic E-state index is 0. The number of fused-ring (bicyclic) bond motifs is 2. The van der Waals surface area contributed by atoms with Gasteiger partial charge in [-0.05, 0) is 24.3 Å². The quantitative estimate of drug-likeness (QED) is 0.331. The molecule has 0 radical (unpaired) electrons. The first kappa shape index (κ1) is 17.8. The Balaban J connectivity index is 0.000000182. The van der Waals surface area contributed by atoms with Crippen molar-refractivity contribution in [2.24, 2.45) is 0 Å². The van der Waals surface area contributed by atoms with Crippen molar-refractivity contribution in [3.8, 4) is 0 Å². The summed E-state index contributed by atoms with van der Waals surface area (Å²) in [6.45, 7) is 0. The number of imidazole rings is 2. The average Bonchev–Trinajstić information content (AvgIpc) is 3.08. The van der Waals surface area contributed by atoms with Crippen molar-refractivity contribution in [2.45, 2.75) is 0 Å². The second-order valence-corrected chi connectivity index (χ2v) is 3.84. The van der Waals surface area contributed by atoms with Crippen LogP contribution in [0.5, 0.6) is 0 Å². The number of H-pyrrole nitrogens is 2. The predicted octanol–water partition coefficient (Wildman–Crippen LogP) is -2.87. The number of nitrogens with one attached hydrogen (secondary N) is 2. The molecule has 20 heavy (non-hydrogen) atoms. The Hall–Kier alpha value is -0.278. The maximum absolute atomic E-state index is 4.06. The van der Waals surface area contributed by atoms with Gasteiger partial charge in [-0.2, -0.15) is 0 Å². The number of nitrogens with zero attached hydrogens (tertiary/aromatic N) is 2. The molecule has 2 heterocycles. The summed E-state index contributed by atoms with van der Waals surface area (Å²) in [5.41, 5.74) is 4.24. The van der Waals surface area contributed by atoms with E-state index in [4.69, 9.17) is 0 Å². The van der Waals surface area contributed by atoms with Gasteiger partial charge in [0.1, 0.15) is 0 Å². The Labute approximate surface area is 181 Å². The molecular formula is C14H12ClCsN4. The van der Waals surface area contributed by atoms with Crippen molar-refractivity contribution in [1.29, 1.82) is 0 Å². The van der Waals surface area contributed by atoms with Crippen molar-refractivity contribution < 1.29 is 81.3 Å². The van der Waals surface area contributed by atoms with Gasteiger partial charge in [-0.3, -0.25) is 0 Å². The Morgan fingerprint density at radius 1 is 0.650 bits per heavy atom. The van der Waals surface area contributed by atoms with Crippen LogP contribution in [0.15, 0.2) is 61.2 Å². The topological polar surface area (TPSA) is 57.4 Å². The van der Waals surface area contributed by atoms with Gasteiger partial charge in [-0.1, -0.05) is 24.3 Å². The summed E-state index contributed by atoms with van der Waals surface area (Å²) in [6, 6.07) is 15.9. The molecule has 0 saturated heterocycles. The zero-order valence-electron chi connectivity index (χ0n) is 11.0. The maximum atomic E-state index is 4.06. The zero-order chi connectivity index (χ0) is 12.2. The molecule has 4 rings (SSSR count). The fourth-order valence-corrected chi connectivity index (χ4v) is 1.76. The zero-order valence-corrected chi connectivity index (χ0v) is 18.1. The van der Waals surface area contributed by atoms with Crippen LogP contribution >= 0.6 is 0 Å². The SMILES string of the molecule is [Cl-].[Cs+].c1ccc2[nH]cnc2c1.c1ccc2[nH]cnc2c1. The normalized spacial score (nSPS) is 9.20. The van der Waals surface area contributed by atoms with Crippen LogP contribution < -0.4 is 81.3 Å². The van der Waals surface area contributed by atoms with Crippen molar-refractivity contribution >= 4 is 22.1 Å². The van der Waals surface area contributed by atoms with Crippen LogP contribution in [0.4, 0.5) is 0 Å². The van der Waals surface area contributed by atoms with Gasteiger partial charge in [0.25, 0.3) is 0 Å². The Morgan fingerprint density at radius 2 is 1.05 bits per heavy atom. The molecule has 0 unspecified atom stereocenters. The molecule has 0 saturated carbocycles. The van der Waals surface area contributed by atoms with Crippen molar-refractivity contribution in [2.75, 3.05) is 0 Å². The number of aromatic nitrogens is 4. The van der Waals surface area contributed by atoms with Crippen LogP contribution in [0.3, 0.4) is 0 Å². The number of hydrogen-bond donors (Lipinski definition) is 2. The fraction of sp³-hybridized carbons (Fsp3) is 0. The van der Waals surface area contributed by atoms with Gasteiger partial charge in [0.15, 0.2) is 0 Å². The smallest absolute Gasteiger partial charge is 1.00 e. The first-order chi connectivity index (χ1) is 8.93. The van der Waals surface area contributed by atoms with Crippen LogP contribution in [0, 0.1) is 0 Å². The molecule has 0 amide bonds. The number of hydrogen-bond acceptors (Lipinski definition) is 2. The average molecular weight is 405 g/mol. The van der Waals surface area contributed by atoms with Crippen LogP contribution in [0.1, 0.15) is 0 Å². The van der Waals surface area contributed by atoms with Gasteiger partial charge < -0.3 is 22.4 Å². The molecule has 0 atom stereocenters. The summed E-state index contributed by atoms with van der Waals surface area (Å²) in [6.07, 6.45) is 3.40. The van der Waals surface area contributed by atoms with E-state index in [1.807, 2.05) is 48.5 Å². The molecule has 0 bridgehead atoms. The van der Waals surface area contributed by atoms with Gasteiger partial charge in [0.05, 0.1) is 34.7 Å². The van der Waals surface area contributed by atoms with Gasteiger partial charge in [-0.25, -0.2) is 9.97 Å². The Morgan fingerprint density at radius 3 is 1.45 bits per heavy atom. The molecule has 4 aromatic rings. The van der Waals surface area contributed by atoms with Crippen LogP contribution in [0.2, 0.25) is 0 Å². The number of benzene rings is 2. The number of rotatable bonds is 0. The summed E-state index contributed by atoms with van der Waals surface area (Å²) in [7, 11) is 0. The number of para-hydroxylation sites is 4. The Kier molecular flexibility index (Phi) is 7.90. The summed E-state index contributed by atoms with van der Waals surface area (Å²) in [5, 5.41) is 0. The van der Waals surface area contributed by atoms with E-state index in [2.05, 4.69) is 19.9 Å². The largest absolute Gasteiger partial charge is 1.00 e. The third kappa shape index (κ3) is 4.36. The molecule has 4 nitrogen and oxygen atoms in total. The minimum absolute atomic E-state index is 0. The Bertz CT molecular complexity index is 639. The summed E-state index contributed by atoms with van der Waals surface area (Å²) < 4.78 is 0. The predicted molar refractivity (Wildman–Crippen MR) is 72.2 cm³/mol. The molecule has 2 aromatic carbocycles. The second kappa shape index (κ2) is 8.89. The van der Waals surface area contributed by atoms with E-state index in [-0.39, 0.29) is 81.3 Å². The monoisotopic (exact) mass is 404 g/mol. The summed E-state index contributed by atoms with van der Waals surface area (Å²) >= 11 is 0. The molecule has 96 valence electrons. The summed E-state index contributed by atoms with van der Waals surface area (Å²) in [4.78, 5) is 14.1. The molecular weight excluding hydrogens is 393 g/mol. The van der Waals surface area contributed by atoms with E-state index in [0.717, 1.165) is 22.1 Å². The van der Waals surface area contributed by atoms with Gasteiger partial charge >= 0.3 is 68.9 Å². The molecule has 6 heteroatoms. The van der Waals surface area contributed by atoms with Gasteiger partial charge in [0.2, 0.25) is 0 Å². The standard InChI is InChI=1S/2C7H6N2.ClH.Cs/c2*1-2-4-7-6(3-1)8-5-9-7;;/h2*1-5H,(H,8,9);1H;/q;;;+1/p-1. The maximum Gasteiger partial charge on any atom is 1.00 e. The van der Waals surface area contributed by atoms with Crippen LogP contribution in [0.25, 0.3) is 22.1 Å². The molecule has 0 fully saturated rings. The fourth-order valence-electron chi connectivity index (χ4n) is 1.76. The molecule has 0 spiro atoms.